The molecular weight excluding hydrogens is 300 g/mol. The van der Waals surface area contributed by atoms with Crippen LogP contribution in [-0.4, -0.2) is 5.78 Å². The van der Waals surface area contributed by atoms with Crippen molar-refractivity contribution in [1.29, 1.82) is 0 Å². The molecule has 98 valence electrons. The standard InChI is InChI=1S/C17H17BrO/c1-3-5-13-6-4-7-14(11-13)17(19)15-10-12(2)8-9-16(15)18/h4,6-11H,3,5H2,1-2H3. The van der Waals surface area contributed by atoms with Crippen LogP contribution >= 0.6 is 15.9 Å². The molecule has 0 saturated heterocycles. The summed E-state index contributed by atoms with van der Waals surface area (Å²) >= 11 is 3.46. The van der Waals surface area contributed by atoms with Crippen molar-refractivity contribution in [3.63, 3.8) is 0 Å². The maximum Gasteiger partial charge on any atom is 0.194 e. The first kappa shape index (κ1) is 14.0. The van der Waals surface area contributed by atoms with Gasteiger partial charge in [0.15, 0.2) is 5.78 Å². The smallest absolute Gasteiger partial charge is 0.194 e. The highest BCUT2D eigenvalue weighted by Gasteiger charge is 2.13. The predicted octanol–water partition coefficient (Wildman–Crippen LogP) is 4.94. The van der Waals surface area contributed by atoms with Crippen LogP contribution in [0.2, 0.25) is 0 Å². The molecule has 2 heteroatoms. The Balaban J connectivity index is 2.38. The lowest BCUT2D eigenvalue weighted by Gasteiger charge is -2.07. The topological polar surface area (TPSA) is 17.1 Å². The second kappa shape index (κ2) is 6.16. The van der Waals surface area contributed by atoms with E-state index in [9.17, 15) is 4.79 Å². The van der Waals surface area contributed by atoms with Gasteiger partial charge in [-0.2, -0.15) is 0 Å². The lowest BCUT2D eigenvalue weighted by Crippen LogP contribution is -2.03. The van der Waals surface area contributed by atoms with Crippen molar-refractivity contribution in [2.45, 2.75) is 26.7 Å². The van der Waals surface area contributed by atoms with Crippen molar-refractivity contribution in [2.24, 2.45) is 0 Å². The van der Waals surface area contributed by atoms with Gasteiger partial charge >= 0.3 is 0 Å². The van der Waals surface area contributed by atoms with Crippen LogP contribution in [0.25, 0.3) is 0 Å². The van der Waals surface area contributed by atoms with Gasteiger partial charge < -0.3 is 0 Å². The first-order chi connectivity index (χ1) is 9.11. The third-order valence-corrected chi connectivity index (χ3v) is 3.79. The Morgan fingerprint density at radius 2 is 1.95 bits per heavy atom. The molecule has 0 aromatic heterocycles. The molecule has 0 bridgehead atoms. The van der Waals surface area contributed by atoms with Gasteiger partial charge in [-0.1, -0.05) is 59.1 Å². The molecule has 0 spiro atoms. The predicted molar refractivity (Wildman–Crippen MR) is 82.7 cm³/mol. The van der Waals surface area contributed by atoms with Crippen LogP contribution in [0.15, 0.2) is 46.9 Å². The van der Waals surface area contributed by atoms with Gasteiger partial charge in [0.25, 0.3) is 0 Å². The van der Waals surface area contributed by atoms with Crippen LogP contribution in [0.5, 0.6) is 0 Å². The molecule has 2 aromatic carbocycles. The Kier molecular flexibility index (Phi) is 4.54. The van der Waals surface area contributed by atoms with E-state index in [1.54, 1.807) is 0 Å². The van der Waals surface area contributed by atoms with Gasteiger partial charge in [0.05, 0.1) is 0 Å². The lowest BCUT2D eigenvalue weighted by atomic mass is 9.99. The van der Waals surface area contributed by atoms with Gasteiger partial charge in [-0.05, 0) is 37.1 Å². The molecule has 0 amide bonds. The van der Waals surface area contributed by atoms with Gasteiger partial charge in [-0.15, -0.1) is 0 Å². The fourth-order valence-electron chi connectivity index (χ4n) is 2.13. The quantitative estimate of drug-likeness (QED) is 0.730. The van der Waals surface area contributed by atoms with Crippen LogP contribution in [0.4, 0.5) is 0 Å². The average molecular weight is 317 g/mol. The Morgan fingerprint density at radius 1 is 1.16 bits per heavy atom. The van der Waals surface area contributed by atoms with Crippen LogP contribution in [0, 0.1) is 6.92 Å². The second-order valence-electron chi connectivity index (χ2n) is 4.76. The maximum absolute atomic E-state index is 12.5. The number of carbonyl (C=O) groups excluding carboxylic acids is 1. The van der Waals surface area contributed by atoms with Crippen LogP contribution in [0.3, 0.4) is 0 Å². The highest BCUT2D eigenvalue weighted by molar-refractivity contribution is 9.10. The minimum Gasteiger partial charge on any atom is -0.289 e. The fraction of sp³-hybridized carbons (Fsp3) is 0.235. The van der Waals surface area contributed by atoms with Crippen LogP contribution in [0.1, 0.15) is 40.4 Å². The summed E-state index contributed by atoms with van der Waals surface area (Å²) in [5.41, 5.74) is 3.80. The van der Waals surface area contributed by atoms with Gasteiger partial charge in [-0.3, -0.25) is 4.79 Å². The zero-order valence-electron chi connectivity index (χ0n) is 11.2. The van der Waals surface area contributed by atoms with Crippen LogP contribution < -0.4 is 0 Å². The number of halogens is 1. The molecular formula is C17H17BrO. The summed E-state index contributed by atoms with van der Waals surface area (Å²) in [6.07, 6.45) is 2.10. The van der Waals surface area contributed by atoms with E-state index in [2.05, 4.69) is 28.9 Å². The number of hydrogen-bond acceptors (Lipinski definition) is 1. The summed E-state index contributed by atoms with van der Waals surface area (Å²) in [7, 11) is 0. The molecule has 0 aliphatic heterocycles. The largest absolute Gasteiger partial charge is 0.289 e. The maximum atomic E-state index is 12.5. The van der Waals surface area contributed by atoms with E-state index in [1.165, 1.54) is 5.56 Å². The summed E-state index contributed by atoms with van der Waals surface area (Å²) in [5, 5.41) is 0. The minimum atomic E-state index is 0.0773. The molecule has 0 atom stereocenters. The van der Waals surface area contributed by atoms with Gasteiger partial charge in [-0.25, -0.2) is 0 Å². The molecule has 0 radical (unpaired) electrons. The first-order valence-electron chi connectivity index (χ1n) is 6.51. The third-order valence-electron chi connectivity index (χ3n) is 3.09. The monoisotopic (exact) mass is 316 g/mol. The molecule has 0 heterocycles. The molecule has 0 fully saturated rings. The normalized spacial score (nSPS) is 10.5. The van der Waals surface area contributed by atoms with Crippen molar-refractivity contribution in [2.75, 3.05) is 0 Å². The van der Waals surface area contributed by atoms with E-state index in [-0.39, 0.29) is 5.78 Å². The summed E-state index contributed by atoms with van der Waals surface area (Å²) in [6.45, 7) is 4.14. The number of carbonyl (C=O) groups is 1. The van der Waals surface area contributed by atoms with Crippen molar-refractivity contribution >= 4 is 21.7 Å². The number of rotatable bonds is 4. The molecule has 19 heavy (non-hydrogen) atoms. The van der Waals surface area contributed by atoms with Gasteiger partial charge in [0, 0.05) is 15.6 Å². The summed E-state index contributed by atoms with van der Waals surface area (Å²) in [6, 6.07) is 13.8. The Labute approximate surface area is 122 Å². The number of aryl methyl sites for hydroxylation is 2. The Bertz CT molecular complexity index is 602. The van der Waals surface area contributed by atoms with Crippen molar-refractivity contribution in [3.05, 3.63) is 69.2 Å². The van der Waals surface area contributed by atoms with E-state index >= 15 is 0 Å². The third kappa shape index (κ3) is 3.32. The van der Waals surface area contributed by atoms with E-state index in [0.717, 1.165) is 34.0 Å². The fourth-order valence-corrected chi connectivity index (χ4v) is 2.55. The molecule has 2 rings (SSSR count). The number of benzene rings is 2. The molecule has 0 aliphatic rings. The van der Waals surface area contributed by atoms with Crippen molar-refractivity contribution in [3.8, 4) is 0 Å². The molecule has 0 aliphatic carbocycles. The lowest BCUT2D eigenvalue weighted by molar-refractivity contribution is 0.103. The molecule has 0 unspecified atom stereocenters. The summed E-state index contributed by atoms with van der Waals surface area (Å²) in [4.78, 5) is 12.5. The summed E-state index contributed by atoms with van der Waals surface area (Å²) in [5.74, 6) is 0.0773. The zero-order valence-corrected chi connectivity index (χ0v) is 12.8. The zero-order chi connectivity index (χ0) is 13.8. The Hall–Kier alpha value is -1.41. The Morgan fingerprint density at radius 3 is 2.68 bits per heavy atom. The number of hydrogen-bond donors (Lipinski definition) is 0. The molecule has 0 saturated carbocycles. The van der Waals surface area contributed by atoms with Crippen molar-refractivity contribution < 1.29 is 4.79 Å². The van der Waals surface area contributed by atoms with E-state index in [1.807, 2.05) is 43.3 Å². The minimum absolute atomic E-state index is 0.0773. The van der Waals surface area contributed by atoms with Crippen LogP contribution in [-0.2, 0) is 6.42 Å². The molecule has 0 N–H and O–H groups in total. The van der Waals surface area contributed by atoms with E-state index in [4.69, 9.17) is 0 Å². The molecule has 2 aromatic rings. The van der Waals surface area contributed by atoms with Gasteiger partial charge in [0.2, 0.25) is 0 Å². The van der Waals surface area contributed by atoms with E-state index in [0.29, 0.717) is 0 Å². The van der Waals surface area contributed by atoms with Gasteiger partial charge in [0.1, 0.15) is 0 Å². The average Bonchev–Trinajstić information content (AvgIpc) is 2.41. The summed E-state index contributed by atoms with van der Waals surface area (Å²) < 4.78 is 0.851. The highest BCUT2D eigenvalue weighted by Crippen LogP contribution is 2.22. The highest BCUT2D eigenvalue weighted by atomic mass is 79.9. The SMILES string of the molecule is CCCc1cccc(C(=O)c2cc(C)ccc2Br)c1. The second-order valence-corrected chi connectivity index (χ2v) is 5.62. The van der Waals surface area contributed by atoms with E-state index < -0.39 is 0 Å². The first-order valence-corrected chi connectivity index (χ1v) is 7.31. The number of ketones is 1. The molecule has 1 nitrogen and oxygen atoms in total. The van der Waals surface area contributed by atoms with Crippen molar-refractivity contribution in [1.82, 2.24) is 0 Å².